The molecule has 2 N–H and O–H groups in total. The number of benzene rings is 1. The standard InChI is InChI=1S/C24H26F2N8O2S/c1-12-8-19(31-30-12)27-23-20(14-6-7-14)21(16-11-33(3)32-13(16)2)28-24(29-23)34(4)22-17(25)9-15(10-18(22)26)37(5,35)36/h8-11,14H,6-7H2,1-5H3,(H2,27,28,29,30,31). The van der Waals surface area contributed by atoms with Gasteiger partial charge in [0.25, 0.3) is 0 Å². The Balaban J connectivity index is 1.70. The Morgan fingerprint density at radius 1 is 1.14 bits per heavy atom. The van der Waals surface area contributed by atoms with E-state index in [0.717, 1.165) is 53.7 Å². The molecule has 0 unspecified atom stereocenters. The topological polar surface area (TPSA) is 122 Å². The molecule has 0 saturated heterocycles. The number of rotatable bonds is 7. The van der Waals surface area contributed by atoms with Crippen LogP contribution in [0.2, 0.25) is 0 Å². The summed E-state index contributed by atoms with van der Waals surface area (Å²) in [5.41, 5.74) is 3.38. The third-order valence-corrected chi connectivity index (χ3v) is 7.29. The molecule has 0 atom stereocenters. The average molecular weight is 529 g/mol. The minimum atomic E-state index is -3.81. The lowest BCUT2D eigenvalue weighted by molar-refractivity contribution is 0.569. The van der Waals surface area contributed by atoms with Gasteiger partial charge in [-0.2, -0.15) is 15.2 Å². The van der Waals surface area contributed by atoms with E-state index >= 15 is 8.78 Å². The second-order valence-corrected chi connectivity index (χ2v) is 11.4. The van der Waals surface area contributed by atoms with Crippen LogP contribution in [-0.4, -0.2) is 51.7 Å². The number of aromatic amines is 1. The van der Waals surface area contributed by atoms with Crippen molar-refractivity contribution < 1.29 is 17.2 Å². The van der Waals surface area contributed by atoms with E-state index in [9.17, 15) is 8.42 Å². The Morgan fingerprint density at radius 3 is 2.32 bits per heavy atom. The minimum absolute atomic E-state index is 0.0160. The van der Waals surface area contributed by atoms with E-state index in [2.05, 4.69) is 25.6 Å². The maximum atomic E-state index is 15.1. The van der Waals surface area contributed by atoms with Gasteiger partial charge in [-0.05, 0) is 44.7 Å². The summed E-state index contributed by atoms with van der Waals surface area (Å²) < 4.78 is 55.6. The number of aromatic nitrogens is 6. The van der Waals surface area contributed by atoms with Crippen LogP contribution in [0.3, 0.4) is 0 Å². The molecule has 194 valence electrons. The van der Waals surface area contributed by atoms with Crippen molar-refractivity contribution in [1.82, 2.24) is 29.9 Å². The first-order valence-corrected chi connectivity index (χ1v) is 13.5. The van der Waals surface area contributed by atoms with Gasteiger partial charge in [0.1, 0.15) is 11.5 Å². The maximum absolute atomic E-state index is 15.1. The third-order valence-electron chi connectivity index (χ3n) is 6.19. The molecule has 37 heavy (non-hydrogen) atoms. The first-order chi connectivity index (χ1) is 17.4. The molecule has 1 aliphatic carbocycles. The Kier molecular flexibility index (Phi) is 5.97. The van der Waals surface area contributed by atoms with Crippen molar-refractivity contribution in [3.05, 3.63) is 53.0 Å². The van der Waals surface area contributed by atoms with Crippen molar-refractivity contribution in [2.45, 2.75) is 37.5 Å². The summed E-state index contributed by atoms with van der Waals surface area (Å²) >= 11 is 0. The van der Waals surface area contributed by atoms with Crippen LogP contribution < -0.4 is 10.2 Å². The molecule has 13 heteroatoms. The molecule has 1 fully saturated rings. The van der Waals surface area contributed by atoms with E-state index in [1.807, 2.05) is 26.1 Å². The van der Waals surface area contributed by atoms with E-state index in [-0.39, 0.29) is 11.9 Å². The van der Waals surface area contributed by atoms with Crippen LogP contribution in [0.15, 0.2) is 29.3 Å². The molecule has 1 aromatic carbocycles. The summed E-state index contributed by atoms with van der Waals surface area (Å²) in [5.74, 6) is -0.863. The van der Waals surface area contributed by atoms with Crippen molar-refractivity contribution in [2.24, 2.45) is 7.05 Å². The lowest BCUT2D eigenvalue weighted by Crippen LogP contribution is -2.19. The Hall–Kier alpha value is -3.87. The highest BCUT2D eigenvalue weighted by Crippen LogP contribution is 2.48. The maximum Gasteiger partial charge on any atom is 0.232 e. The predicted molar refractivity (Wildman–Crippen MR) is 135 cm³/mol. The molecule has 10 nitrogen and oxygen atoms in total. The number of hydrogen-bond acceptors (Lipinski definition) is 8. The molecule has 5 rings (SSSR count). The first-order valence-electron chi connectivity index (χ1n) is 11.6. The molecule has 1 aliphatic rings. The van der Waals surface area contributed by atoms with Crippen LogP contribution >= 0.6 is 0 Å². The number of nitrogens with zero attached hydrogens (tertiary/aromatic N) is 6. The van der Waals surface area contributed by atoms with Crippen LogP contribution in [0.25, 0.3) is 11.3 Å². The van der Waals surface area contributed by atoms with Gasteiger partial charge in [-0.3, -0.25) is 9.78 Å². The van der Waals surface area contributed by atoms with E-state index < -0.39 is 32.1 Å². The van der Waals surface area contributed by atoms with E-state index in [1.165, 1.54) is 11.9 Å². The van der Waals surface area contributed by atoms with E-state index in [1.54, 1.807) is 11.7 Å². The highest BCUT2D eigenvalue weighted by molar-refractivity contribution is 7.90. The van der Waals surface area contributed by atoms with Crippen molar-refractivity contribution >= 4 is 33.1 Å². The Bertz CT molecular complexity index is 1600. The average Bonchev–Trinajstić information content (AvgIpc) is 3.47. The smallest absolute Gasteiger partial charge is 0.232 e. The van der Waals surface area contributed by atoms with Crippen molar-refractivity contribution in [1.29, 1.82) is 0 Å². The van der Waals surface area contributed by atoms with Gasteiger partial charge in [0.2, 0.25) is 5.95 Å². The zero-order valence-corrected chi connectivity index (χ0v) is 21.8. The predicted octanol–water partition coefficient (Wildman–Crippen LogP) is 4.29. The summed E-state index contributed by atoms with van der Waals surface area (Å²) in [5, 5.41) is 14.8. The lowest BCUT2D eigenvalue weighted by Gasteiger charge is -2.22. The van der Waals surface area contributed by atoms with Gasteiger partial charge >= 0.3 is 0 Å². The largest absolute Gasteiger partial charge is 0.323 e. The van der Waals surface area contributed by atoms with Crippen LogP contribution in [0.1, 0.15) is 35.7 Å². The van der Waals surface area contributed by atoms with Gasteiger partial charge in [-0.25, -0.2) is 22.2 Å². The second-order valence-electron chi connectivity index (χ2n) is 9.34. The number of sulfone groups is 1. The molecule has 0 amide bonds. The van der Waals surface area contributed by atoms with Crippen molar-refractivity contribution in [2.75, 3.05) is 23.5 Å². The monoisotopic (exact) mass is 528 g/mol. The third kappa shape index (κ3) is 4.78. The highest BCUT2D eigenvalue weighted by Gasteiger charge is 2.34. The number of halogens is 2. The quantitative estimate of drug-likeness (QED) is 0.364. The van der Waals surface area contributed by atoms with Gasteiger partial charge in [0, 0.05) is 49.4 Å². The van der Waals surface area contributed by atoms with Crippen LogP contribution in [-0.2, 0) is 16.9 Å². The van der Waals surface area contributed by atoms with Gasteiger partial charge < -0.3 is 10.2 Å². The normalized spacial score (nSPS) is 13.7. The molecule has 0 bridgehead atoms. The molecule has 3 aromatic heterocycles. The van der Waals surface area contributed by atoms with Gasteiger partial charge in [0.05, 0.1) is 16.3 Å². The zero-order valence-electron chi connectivity index (χ0n) is 21.0. The van der Waals surface area contributed by atoms with E-state index in [4.69, 9.17) is 4.98 Å². The molecule has 4 aromatic rings. The van der Waals surface area contributed by atoms with Crippen LogP contribution in [0.4, 0.5) is 32.1 Å². The fraction of sp³-hybridized carbons (Fsp3) is 0.333. The van der Waals surface area contributed by atoms with Crippen LogP contribution in [0.5, 0.6) is 0 Å². The van der Waals surface area contributed by atoms with Crippen molar-refractivity contribution in [3.63, 3.8) is 0 Å². The van der Waals surface area contributed by atoms with Crippen LogP contribution in [0, 0.1) is 25.5 Å². The molecular weight excluding hydrogens is 502 g/mol. The number of H-pyrrole nitrogens is 1. The highest BCUT2D eigenvalue weighted by atomic mass is 32.2. The zero-order chi connectivity index (χ0) is 26.6. The van der Waals surface area contributed by atoms with Gasteiger partial charge in [-0.1, -0.05) is 0 Å². The summed E-state index contributed by atoms with van der Waals surface area (Å²) in [4.78, 5) is 10.1. The molecular formula is C24H26F2N8O2S. The molecule has 0 radical (unpaired) electrons. The van der Waals surface area contributed by atoms with Gasteiger partial charge in [0.15, 0.2) is 27.3 Å². The molecule has 3 heterocycles. The Morgan fingerprint density at radius 2 is 1.81 bits per heavy atom. The fourth-order valence-corrected chi connectivity index (χ4v) is 4.91. The molecule has 1 saturated carbocycles. The van der Waals surface area contributed by atoms with E-state index in [0.29, 0.717) is 17.3 Å². The summed E-state index contributed by atoms with van der Waals surface area (Å²) in [7, 11) is -0.573. The minimum Gasteiger partial charge on any atom is -0.323 e. The molecule has 0 spiro atoms. The van der Waals surface area contributed by atoms with Gasteiger partial charge in [-0.15, -0.1) is 0 Å². The first kappa shape index (κ1) is 24.8. The summed E-state index contributed by atoms with van der Waals surface area (Å²) in [6.45, 7) is 3.74. The van der Waals surface area contributed by atoms with Crippen molar-refractivity contribution in [3.8, 4) is 11.3 Å². The lowest BCUT2D eigenvalue weighted by atomic mass is 10.0. The SMILES string of the molecule is Cc1cc(Nc2nc(N(C)c3c(F)cc(S(C)(=O)=O)cc3F)nc(-c3cn(C)nc3C)c2C2CC2)n[nH]1. The number of nitrogens with one attached hydrogen (secondary N) is 2. The number of hydrogen-bond donors (Lipinski definition) is 2. The summed E-state index contributed by atoms with van der Waals surface area (Å²) in [6.07, 6.45) is 4.64. The Labute approximate surface area is 212 Å². The fourth-order valence-electron chi connectivity index (χ4n) is 4.28. The molecule has 0 aliphatic heterocycles. The number of aryl methyl sites for hydroxylation is 3. The second kappa shape index (κ2) is 8.91. The number of anilines is 4. The summed E-state index contributed by atoms with van der Waals surface area (Å²) in [6, 6.07) is 3.40.